The number of benzene rings is 2. The number of carbonyl (C=O) groups excluding carboxylic acids is 1. The lowest BCUT2D eigenvalue weighted by Crippen LogP contribution is -2.19. The van der Waals surface area contributed by atoms with Crippen molar-refractivity contribution in [1.29, 1.82) is 0 Å². The number of anilines is 2. The summed E-state index contributed by atoms with van der Waals surface area (Å²) < 4.78 is 5.12. The van der Waals surface area contributed by atoms with E-state index < -0.39 is 0 Å². The summed E-state index contributed by atoms with van der Waals surface area (Å²) in [5.41, 5.74) is 2.27. The van der Waals surface area contributed by atoms with Crippen LogP contribution in [0.25, 0.3) is 10.9 Å². The Morgan fingerprint density at radius 2 is 1.82 bits per heavy atom. The largest absolute Gasteiger partial charge is 0.497 e. The monoisotopic (exact) mass is 293 g/mol. The fourth-order valence-electron chi connectivity index (χ4n) is 2.15. The highest BCUT2D eigenvalue weighted by Gasteiger charge is 2.04. The van der Waals surface area contributed by atoms with Crippen molar-refractivity contribution in [3.63, 3.8) is 0 Å². The predicted molar refractivity (Wildman–Crippen MR) is 87.4 cm³/mol. The van der Waals surface area contributed by atoms with Crippen molar-refractivity contribution in [2.75, 3.05) is 17.7 Å². The van der Waals surface area contributed by atoms with Crippen molar-refractivity contribution in [2.24, 2.45) is 0 Å². The van der Waals surface area contributed by atoms with Gasteiger partial charge in [-0.25, -0.2) is 4.79 Å². The summed E-state index contributed by atoms with van der Waals surface area (Å²) in [6, 6.07) is 16.3. The minimum Gasteiger partial charge on any atom is -0.497 e. The molecule has 0 spiro atoms. The Bertz CT molecular complexity index is 818. The first-order valence-electron chi connectivity index (χ1n) is 6.81. The highest BCUT2D eigenvalue weighted by molar-refractivity contribution is 6.01. The Morgan fingerprint density at radius 1 is 1.00 bits per heavy atom. The van der Waals surface area contributed by atoms with Gasteiger partial charge in [-0.3, -0.25) is 4.98 Å². The summed E-state index contributed by atoms with van der Waals surface area (Å²) in [4.78, 5) is 16.3. The van der Waals surface area contributed by atoms with Gasteiger partial charge in [-0.1, -0.05) is 12.1 Å². The third-order valence-electron chi connectivity index (χ3n) is 3.19. The van der Waals surface area contributed by atoms with Crippen molar-refractivity contribution in [3.05, 3.63) is 60.8 Å². The van der Waals surface area contributed by atoms with Gasteiger partial charge in [-0.2, -0.15) is 0 Å². The zero-order chi connectivity index (χ0) is 15.4. The van der Waals surface area contributed by atoms with E-state index in [2.05, 4.69) is 15.6 Å². The standard InChI is InChI=1S/C17H15N3O2/c1-22-15-6-2-5-13(11-15)19-17(21)20-14-7-8-16-12(10-14)4-3-9-18-16/h2-11H,1H3,(H2,19,20,21). The van der Waals surface area contributed by atoms with Gasteiger partial charge in [-0.05, 0) is 36.4 Å². The average molecular weight is 293 g/mol. The molecule has 0 bridgehead atoms. The number of rotatable bonds is 3. The number of hydrogen-bond acceptors (Lipinski definition) is 3. The number of urea groups is 1. The second-order valence-corrected chi connectivity index (χ2v) is 4.72. The molecule has 0 saturated carbocycles. The number of amides is 2. The molecule has 5 nitrogen and oxygen atoms in total. The topological polar surface area (TPSA) is 63.2 Å². The molecule has 2 N–H and O–H groups in total. The molecule has 2 amide bonds. The van der Waals surface area contributed by atoms with Crippen LogP contribution in [0.2, 0.25) is 0 Å². The Morgan fingerprint density at radius 3 is 2.64 bits per heavy atom. The first-order chi connectivity index (χ1) is 10.7. The summed E-state index contributed by atoms with van der Waals surface area (Å²) in [7, 11) is 1.59. The summed E-state index contributed by atoms with van der Waals surface area (Å²) in [6.07, 6.45) is 1.74. The highest BCUT2D eigenvalue weighted by Crippen LogP contribution is 2.19. The van der Waals surface area contributed by atoms with E-state index in [1.165, 1.54) is 0 Å². The molecule has 110 valence electrons. The van der Waals surface area contributed by atoms with Crippen molar-refractivity contribution >= 4 is 28.3 Å². The van der Waals surface area contributed by atoms with Gasteiger partial charge in [0.25, 0.3) is 0 Å². The summed E-state index contributed by atoms with van der Waals surface area (Å²) >= 11 is 0. The molecule has 1 heterocycles. The minimum absolute atomic E-state index is 0.309. The zero-order valence-corrected chi connectivity index (χ0v) is 12.0. The van der Waals surface area contributed by atoms with Gasteiger partial charge in [0.05, 0.1) is 12.6 Å². The maximum Gasteiger partial charge on any atom is 0.323 e. The SMILES string of the molecule is COc1cccc(NC(=O)Nc2ccc3ncccc3c2)c1. The van der Waals surface area contributed by atoms with E-state index in [0.717, 1.165) is 10.9 Å². The molecule has 0 fully saturated rings. The molecule has 0 atom stereocenters. The molecule has 3 aromatic rings. The van der Waals surface area contributed by atoms with Gasteiger partial charge in [0.2, 0.25) is 0 Å². The van der Waals surface area contributed by atoms with Gasteiger partial charge in [0.15, 0.2) is 0 Å². The average Bonchev–Trinajstić information content (AvgIpc) is 2.55. The summed E-state index contributed by atoms with van der Waals surface area (Å²) in [6.45, 7) is 0. The fraction of sp³-hybridized carbons (Fsp3) is 0.0588. The van der Waals surface area contributed by atoms with Crippen LogP contribution in [-0.2, 0) is 0 Å². The van der Waals surface area contributed by atoms with Crippen LogP contribution < -0.4 is 15.4 Å². The molecule has 1 aromatic heterocycles. The van der Waals surface area contributed by atoms with Crippen LogP contribution in [0.5, 0.6) is 5.75 Å². The van der Waals surface area contributed by atoms with Crippen LogP contribution in [0.1, 0.15) is 0 Å². The van der Waals surface area contributed by atoms with Crippen LogP contribution in [0.3, 0.4) is 0 Å². The minimum atomic E-state index is -0.309. The number of hydrogen-bond donors (Lipinski definition) is 2. The molecular formula is C17H15N3O2. The van der Waals surface area contributed by atoms with Crippen LogP contribution in [0.4, 0.5) is 16.2 Å². The van der Waals surface area contributed by atoms with Gasteiger partial charge in [-0.15, -0.1) is 0 Å². The third-order valence-corrected chi connectivity index (χ3v) is 3.19. The molecule has 3 rings (SSSR count). The molecule has 0 aliphatic carbocycles. The Balaban J connectivity index is 1.72. The van der Waals surface area contributed by atoms with E-state index in [-0.39, 0.29) is 6.03 Å². The number of aromatic nitrogens is 1. The molecule has 0 unspecified atom stereocenters. The van der Waals surface area contributed by atoms with Gasteiger partial charge < -0.3 is 15.4 Å². The smallest absolute Gasteiger partial charge is 0.323 e. The number of nitrogens with zero attached hydrogens (tertiary/aromatic N) is 1. The van der Waals surface area contributed by atoms with E-state index >= 15 is 0 Å². The van der Waals surface area contributed by atoms with Crippen LogP contribution in [0, 0.1) is 0 Å². The Labute approximate surface area is 127 Å². The van der Waals surface area contributed by atoms with Gasteiger partial charge >= 0.3 is 6.03 Å². The quantitative estimate of drug-likeness (QED) is 0.770. The van der Waals surface area contributed by atoms with E-state index in [4.69, 9.17) is 4.74 Å². The molecule has 0 radical (unpaired) electrons. The highest BCUT2D eigenvalue weighted by atomic mass is 16.5. The molecular weight excluding hydrogens is 278 g/mol. The third kappa shape index (κ3) is 3.15. The van der Waals surface area contributed by atoms with Crippen molar-refractivity contribution in [3.8, 4) is 5.75 Å². The lowest BCUT2D eigenvalue weighted by Gasteiger charge is -2.09. The number of carbonyl (C=O) groups is 1. The maximum atomic E-state index is 12.0. The number of methoxy groups -OCH3 is 1. The number of nitrogens with one attached hydrogen (secondary N) is 2. The van der Waals surface area contributed by atoms with E-state index in [1.807, 2.05) is 42.5 Å². The Hall–Kier alpha value is -3.08. The van der Waals surface area contributed by atoms with E-state index in [1.54, 1.807) is 25.4 Å². The maximum absolute atomic E-state index is 12.0. The van der Waals surface area contributed by atoms with Crippen LogP contribution in [-0.4, -0.2) is 18.1 Å². The fourth-order valence-corrected chi connectivity index (χ4v) is 2.15. The molecule has 5 heteroatoms. The number of ether oxygens (including phenoxy) is 1. The second kappa shape index (κ2) is 6.13. The van der Waals surface area contributed by atoms with Crippen LogP contribution >= 0.6 is 0 Å². The summed E-state index contributed by atoms with van der Waals surface area (Å²) in [5, 5.41) is 6.54. The van der Waals surface area contributed by atoms with Gasteiger partial charge in [0.1, 0.15) is 5.75 Å². The van der Waals surface area contributed by atoms with Crippen LogP contribution in [0.15, 0.2) is 60.8 Å². The van der Waals surface area contributed by atoms with Gasteiger partial charge in [0, 0.05) is 29.0 Å². The first-order valence-corrected chi connectivity index (χ1v) is 6.81. The lowest BCUT2D eigenvalue weighted by atomic mass is 10.2. The number of pyridine rings is 1. The molecule has 2 aromatic carbocycles. The lowest BCUT2D eigenvalue weighted by molar-refractivity contribution is 0.262. The second-order valence-electron chi connectivity index (χ2n) is 4.72. The number of fused-ring (bicyclic) bond motifs is 1. The molecule has 0 saturated heterocycles. The van der Waals surface area contributed by atoms with E-state index in [0.29, 0.717) is 17.1 Å². The first kappa shape index (κ1) is 13.9. The Kier molecular flexibility index (Phi) is 3.87. The van der Waals surface area contributed by atoms with E-state index in [9.17, 15) is 4.79 Å². The molecule has 22 heavy (non-hydrogen) atoms. The van der Waals surface area contributed by atoms with Crippen molar-refractivity contribution in [1.82, 2.24) is 4.98 Å². The normalized spacial score (nSPS) is 10.2. The molecule has 0 aliphatic heterocycles. The van der Waals surface area contributed by atoms with Crippen molar-refractivity contribution < 1.29 is 9.53 Å². The molecule has 0 aliphatic rings. The van der Waals surface area contributed by atoms with Crippen molar-refractivity contribution in [2.45, 2.75) is 0 Å². The zero-order valence-electron chi connectivity index (χ0n) is 12.0. The summed E-state index contributed by atoms with van der Waals surface area (Å²) in [5.74, 6) is 0.689. The predicted octanol–water partition coefficient (Wildman–Crippen LogP) is 3.89.